The van der Waals surface area contributed by atoms with Crippen LogP contribution in [0.3, 0.4) is 0 Å². The smallest absolute Gasteiger partial charge is 0.407 e. The number of allylic oxidation sites excluding steroid dienone is 1. The number of hydrogen-bond acceptors (Lipinski definition) is 9. The third-order valence-electron chi connectivity index (χ3n) is 13.1. The highest BCUT2D eigenvalue weighted by Gasteiger charge is 2.61. The topological polar surface area (TPSA) is 184 Å². The monoisotopic (exact) mass is 882 g/mol. The lowest BCUT2D eigenvalue weighted by Crippen LogP contribution is -2.52. The third kappa shape index (κ3) is 8.71. The van der Waals surface area contributed by atoms with Crippen LogP contribution in [0.5, 0.6) is 0 Å². The van der Waals surface area contributed by atoms with Gasteiger partial charge in [-0.3, -0.25) is 9.59 Å². The quantitative estimate of drug-likeness (QED) is 0.0615. The first-order valence-corrected chi connectivity index (χ1v) is 22.1. The lowest BCUT2D eigenvalue weighted by molar-refractivity contribution is -0.137. The molecule has 7 atom stereocenters. The average Bonchev–Trinajstić information content (AvgIpc) is 3.72. The number of hydrogen-bond donors (Lipinski definition) is 4. The fourth-order valence-electron chi connectivity index (χ4n) is 9.52. The van der Waals surface area contributed by atoms with E-state index in [4.69, 9.17) is 24.2 Å². The van der Waals surface area contributed by atoms with E-state index in [1.54, 1.807) is 18.1 Å². The maximum Gasteiger partial charge on any atom is 0.407 e. The summed E-state index contributed by atoms with van der Waals surface area (Å²) in [5, 5.41) is 9.43. The molecule has 2 aromatic heterocycles. The molecule has 3 heterocycles. The second-order valence-corrected chi connectivity index (χ2v) is 18.1. The molecular formula is C50H58N8O7. The molecule has 0 radical (unpaired) electrons. The van der Waals surface area contributed by atoms with Crippen molar-refractivity contribution in [1.29, 1.82) is 0 Å². The summed E-state index contributed by atoms with van der Waals surface area (Å²) >= 11 is 0. The normalized spacial score (nSPS) is 19.1. The largest absolute Gasteiger partial charge is 0.501 e. The van der Waals surface area contributed by atoms with Crippen molar-refractivity contribution in [2.75, 3.05) is 27.9 Å². The van der Waals surface area contributed by atoms with Crippen LogP contribution in [0.2, 0.25) is 0 Å². The Hall–Kier alpha value is -6.90. The van der Waals surface area contributed by atoms with Gasteiger partial charge in [0.05, 0.1) is 61.7 Å². The molecular weight excluding hydrogens is 825 g/mol. The molecule has 1 aliphatic carbocycles. The Morgan fingerprint density at radius 2 is 1.45 bits per heavy atom. The first-order valence-electron chi connectivity index (χ1n) is 22.1. The fraction of sp³-hybridized carbons (Fsp3) is 0.400. The minimum absolute atomic E-state index is 0.111. The van der Waals surface area contributed by atoms with Crippen LogP contribution >= 0.6 is 0 Å². The summed E-state index contributed by atoms with van der Waals surface area (Å²) in [5.74, 6) is 1.89. The van der Waals surface area contributed by atoms with Gasteiger partial charge in [0.15, 0.2) is 0 Å². The van der Waals surface area contributed by atoms with E-state index in [0.29, 0.717) is 23.4 Å². The zero-order chi connectivity index (χ0) is 46.4. The van der Waals surface area contributed by atoms with Crippen LogP contribution in [0.1, 0.15) is 65.7 Å². The van der Waals surface area contributed by atoms with Crippen LogP contribution in [0.15, 0.2) is 84.7 Å². The van der Waals surface area contributed by atoms with Crippen molar-refractivity contribution in [2.45, 2.75) is 78.7 Å². The minimum atomic E-state index is -0.951. The van der Waals surface area contributed by atoms with Gasteiger partial charge in [-0.2, -0.15) is 0 Å². The SMILES string of the molecule is C=C(OC)[C@@H](C)CN(Cc1nc2c(ccc3cc(-c4ccc5c(ccc6[nH]c([C@@H]7C[C@H]8[C@@H](C)[C@H]8N7C(=O)[C@@H](NC(=O)OC)C(C)C)nc65)c4)ccc32)[nH]1)C(=O)[C@H](C=C(C)C)NC(=O)OC. The van der Waals surface area contributed by atoms with Gasteiger partial charge in [-0.1, -0.05) is 82.3 Å². The van der Waals surface area contributed by atoms with Gasteiger partial charge >= 0.3 is 12.2 Å². The van der Waals surface area contributed by atoms with Gasteiger partial charge in [-0.05, 0) is 84.2 Å². The number of nitrogens with one attached hydrogen (secondary N) is 4. The number of H-pyrrole nitrogens is 2. The lowest BCUT2D eigenvalue weighted by Gasteiger charge is -2.32. The van der Waals surface area contributed by atoms with Gasteiger partial charge in [0.25, 0.3) is 0 Å². The number of nitrogens with zero attached hydrogens (tertiary/aromatic N) is 4. The predicted octanol–water partition coefficient (Wildman–Crippen LogP) is 8.52. The fourth-order valence-corrected chi connectivity index (χ4v) is 9.52. The van der Waals surface area contributed by atoms with Gasteiger partial charge in [-0.15, -0.1) is 0 Å². The highest BCUT2D eigenvalue weighted by Crippen LogP contribution is 2.57. The number of amides is 4. The molecule has 2 aliphatic rings. The molecule has 4 aromatic carbocycles. The summed E-state index contributed by atoms with van der Waals surface area (Å²) in [7, 11) is 4.12. The Kier molecular flexibility index (Phi) is 12.3. The Balaban J connectivity index is 1.06. The average molecular weight is 883 g/mol. The molecule has 4 amide bonds. The molecule has 65 heavy (non-hydrogen) atoms. The molecule has 2 fully saturated rings. The second-order valence-electron chi connectivity index (χ2n) is 18.1. The van der Waals surface area contributed by atoms with Crippen molar-refractivity contribution >= 4 is 67.6 Å². The molecule has 1 saturated heterocycles. The number of piperidine rings is 1. The summed E-state index contributed by atoms with van der Waals surface area (Å²) in [6.07, 6.45) is 1.18. The number of rotatable bonds is 14. The number of aromatic amines is 2. The molecule has 4 N–H and O–H groups in total. The van der Waals surface area contributed by atoms with E-state index < -0.39 is 24.3 Å². The maximum atomic E-state index is 14.1. The molecule has 6 aromatic rings. The van der Waals surface area contributed by atoms with E-state index in [0.717, 1.165) is 72.6 Å². The number of likely N-dealkylation sites (tertiary alicyclic amines) is 1. The third-order valence-corrected chi connectivity index (χ3v) is 13.1. The highest BCUT2D eigenvalue weighted by molar-refractivity contribution is 6.07. The van der Waals surface area contributed by atoms with E-state index in [-0.39, 0.29) is 48.8 Å². The van der Waals surface area contributed by atoms with E-state index in [9.17, 15) is 19.2 Å². The molecule has 0 bridgehead atoms. The molecule has 340 valence electrons. The predicted molar refractivity (Wildman–Crippen MR) is 250 cm³/mol. The molecule has 0 unspecified atom stereocenters. The van der Waals surface area contributed by atoms with Crippen LogP contribution in [-0.2, 0) is 30.3 Å². The summed E-state index contributed by atoms with van der Waals surface area (Å²) in [6.45, 7) is 16.1. The summed E-state index contributed by atoms with van der Waals surface area (Å²) < 4.78 is 15.1. The minimum Gasteiger partial charge on any atom is -0.501 e. The maximum absolute atomic E-state index is 14.1. The van der Waals surface area contributed by atoms with Gasteiger partial charge in [0, 0.05) is 29.3 Å². The highest BCUT2D eigenvalue weighted by atomic mass is 16.5. The number of carbonyl (C=O) groups is 4. The molecule has 15 nitrogen and oxygen atoms in total. The molecule has 15 heteroatoms. The Morgan fingerprint density at radius 3 is 2.03 bits per heavy atom. The van der Waals surface area contributed by atoms with Crippen molar-refractivity contribution in [3.63, 3.8) is 0 Å². The van der Waals surface area contributed by atoms with E-state index in [1.807, 2.05) is 51.7 Å². The number of ether oxygens (including phenoxy) is 3. The van der Waals surface area contributed by atoms with E-state index in [2.05, 4.69) is 82.6 Å². The Morgan fingerprint density at radius 1 is 0.846 bits per heavy atom. The van der Waals surface area contributed by atoms with Gasteiger partial charge in [0.2, 0.25) is 11.8 Å². The number of carbonyl (C=O) groups excluding carboxylic acids is 4. The number of benzene rings is 4. The number of aromatic nitrogens is 4. The van der Waals surface area contributed by atoms with Gasteiger partial charge in [-0.25, -0.2) is 19.6 Å². The first kappa shape index (κ1) is 44.7. The van der Waals surface area contributed by atoms with Crippen LogP contribution in [-0.4, -0.2) is 99.7 Å². The molecule has 8 rings (SSSR count). The zero-order valence-electron chi connectivity index (χ0n) is 38.4. The Labute approximate surface area is 378 Å². The lowest BCUT2D eigenvalue weighted by atomic mass is 9.98. The first-order chi connectivity index (χ1) is 31.1. The number of methoxy groups -OCH3 is 3. The van der Waals surface area contributed by atoms with Crippen LogP contribution in [0.4, 0.5) is 9.59 Å². The van der Waals surface area contributed by atoms with Crippen LogP contribution in [0.25, 0.3) is 54.7 Å². The van der Waals surface area contributed by atoms with Crippen LogP contribution < -0.4 is 10.6 Å². The van der Waals surface area contributed by atoms with Crippen molar-refractivity contribution in [2.24, 2.45) is 23.7 Å². The Bertz CT molecular complexity index is 2880. The van der Waals surface area contributed by atoms with E-state index >= 15 is 0 Å². The number of alkyl carbamates (subject to hydrolysis) is 2. The van der Waals surface area contributed by atoms with Gasteiger partial charge < -0.3 is 44.6 Å². The number of fused-ring (bicyclic) bond motifs is 7. The van der Waals surface area contributed by atoms with E-state index in [1.165, 1.54) is 14.2 Å². The van der Waals surface area contributed by atoms with Crippen molar-refractivity contribution < 1.29 is 33.4 Å². The summed E-state index contributed by atoms with van der Waals surface area (Å²) in [5.41, 5.74) is 6.30. The molecule has 1 saturated carbocycles. The molecule has 1 aliphatic heterocycles. The second kappa shape index (κ2) is 17.9. The summed E-state index contributed by atoms with van der Waals surface area (Å²) in [6, 6.07) is 19.1. The number of imidazole rings is 2. The zero-order valence-corrected chi connectivity index (χ0v) is 38.4. The van der Waals surface area contributed by atoms with Crippen molar-refractivity contribution in [1.82, 2.24) is 40.4 Å². The summed E-state index contributed by atoms with van der Waals surface area (Å²) in [4.78, 5) is 73.4. The van der Waals surface area contributed by atoms with Gasteiger partial charge in [0.1, 0.15) is 23.7 Å². The standard InChI is InChI=1S/C50H58N8O7/c1-25(2)19-39(53-49(61)64-9)47(59)57(23-27(5)29(7)63-8)24-41-51-37-17-13-32-20-30(11-15-34(32)43(37)54-41)31-12-16-35-33(21-31)14-18-38-44(35)55-46(52-38)40-22-36-28(6)45(36)58(40)48(60)42(26(3)4)56-50(62)65-10/h11-21,26-28,36,39-40,42,45H,7,22-24H2,1-6,8-10H3,(H,51,54)(H,52,55)(H,53,61)(H,56,62)/t27-,28+,36-,39-,40-,42-,45+/m0/s1. The van der Waals surface area contributed by atoms with Crippen LogP contribution in [0, 0.1) is 23.7 Å². The molecule has 0 spiro atoms. The van der Waals surface area contributed by atoms with Crippen molar-refractivity contribution in [3.8, 4) is 11.1 Å². The van der Waals surface area contributed by atoms with Crippen molar-refractivity contribution in [3.05, 3.63) is 96.3 Å².